The quantitative estimate of drug-likeness (QED) is 0.617. The number of nitriles is 1. The lowest BCUT2D eigenvalue weighted by Crippen LogP contribution is -2.47. The van der Waals surface area contributed by atoms with E-state index < -0.39 is 0 Å². The Labute approximate surface area is 191 Å². The van der Waals surface area contributed by atoms with E-state index in [1.807, 2.05) is 24.0 Å². The van der Waals surface area contributed by atoms with E-state index in [9.17, 15) is 4.79 Å². The molecule has 7 heteroatoms. The molecule has 170 valence electrons. The van der Waals surface area contributed by atoms with Gasteiger partial charge < -0.3 is 19.9 Å². The molecule has 0 aliphatic heterocycles. The summed E-state index contributed by atoms with van der Waals surface area (Å²) in [5, 5.41) is 12.5. The number of hydrogen-bond donors (Lipinski definition) is 1. The van der Waals surface area contributed by atoms with E-state index in [0.717, 1.165) is 31.0 Å². The Morgan fingerprint density at radius 1 is 1.31 bits per heavy atom. The lowest BCUT2D eigenvalue weighted by Gasteiger charge is -2.33. The summed E-state index contributed by atoms with van der Waals surface area (Å²) in [5.41, 5.74) is 3.10. The van der Waals surface area contributed by atoms with E-state index in [4.69, 9.17) is 10.00 Å². The van der Waals surface area contributed by atoms with Crippen molar-refractivity contribution in [3.05, 3.63) is 53.2 Å². The van der Waals surface area contributed by atoms with Crippen LogP contribution in [0.1, 0.15) is 49.9 Å². The van der Waals surface area contributed by atoms with Gasteiger partial charge in [0.15, 0.2) is 0 Å². The van der Waals surface area contributed by atoms with Gasteiger partial charge in [0.2, 0.25) is 5.91 Å². The van der Waals surface area contributed by atoms with Crippen molar-refractivity contribution in [1.29, 1.82) is 5.26 Å². The molecular formula is C25H33N5O2. The summed E-state index contributed by atoms with van der Waals surface area (Å²) in [6.07, 6.45) is 3.60. The molecule has 1 heterocycles. The summed E-state index contributed by atoms with van der Waals surface area (Å²) in [7, 11) is 1.68. The highest BCUT2D eigenvalue weighted by Crippen LogP contribution is 2.33. The van der Waals surface area contributed by atoms with E-state index in [1.54, 1.807) is 19.4 Å². The van der Waals surface area contributed by atoms with Crippen LogP contribution in [0.4, 0.5) is 5.82 Å². The first-order valence-corrected chi connectivity index (χ1v) is 11.3. The predicted octanol–water partition coefficient (Wildman–Crippen LogP) is 3.30. The number of pyridine rings is 1. The fraction of sp³-hybridized carbons (Fsp3) is 0.480. The number of amides is 1. The van der Waals surface area contributed by atoms with Crippen LogP contribution in [0.25, 0.3) is 0 Å². The van der Waals surface area contributed by atoms with Crippen molar-refractivity contribution in [1.82, 2.24) is 15.2 Å². The molecule has 2 unspecified atom stereocenters. The second kappa shape index (κ2) is 11.0. The van der Waals surface area contributed by atoms with Crippen LogP contribution in [0.3, 0.4) is 0 Å². The van der Waals surface area contributed by atoms with Crippen molar-refractivity contribution in [3.8, 4) is 11.8 Å². The highest BCUT2D eigenvalue weighted by molar-refractivity contribution is 5.78. The van der Waals surface area contributed by atoms with E-state index in [2.05, 4.69) is 47.3 Å². The number of ether oxygens (including phenoxy) is 1. The molecular weight excluding hydrogens is 402 g/mol. The number of carbonyl (C=O) groups is 1. The molecule has 7 nitrogen and oxygen atoms in total. The van der Waals surface area contributed by atoms with Crippen LogP contribution >= 0.6 is 0 Å². The number of anilines is 1. The Morgan fingerprint density at radius 2 is 2.12 bits per heavy atom. The molecule has 2 aromatic rings. The molecule has 1 aromatic carbocycles. The summed E-state index contributed by atoms with van der Waals surface area (Å²) in [4.78, 5) is 21.5. The fourth-order valence-corrected chi connectivity index (χ4v) is 4.39. The molecule has 3 rings (SSSR count). The van der Waals surface area contributed by atoms with E-state index in [0.29, 0.717) is 25.2 Å². The van der Waals surface area contributed by atoms with Crippen LogP contribution in [-0.4, -0.2) is 55.1 Å². The van der Waals surface area contributed by atoms with Crippen LogP contribution in [0, 0.1) is 11.3 Å². The van der Waals surface area contributed by atoms with Gasteiger partial charge in [-0.25, -0.2) is 4.98 Å². The topological polar surface area (TPSA) is 81.5 Å². The lowest BCUT2D eigenvalue weighted by atomic mass is 10.1. The van der Waals surface area contributed by atoms with Gasteiger partial charge in [0.1, 0.15) is 17.6 Å². The average molecular weight is 436 g/mol. The number of likely N-dealkylation sites (N-methyl/N-ethyl adjacent to an activating group) is 2. The zero-order chi connectivity index (χ0) is 23.1. The number of carbonyl (C=O) groups excluding carboxylic acids is 1. The number of nitrogens with one attached hydrogen (secondary N) is 1. The van der Waals surface area contributed by atoms with Gasteiger partial charge in [0, 0.05) is 37.9 Å². The van der Waals surface area contributed by atoms with Gasteiger partial charge in [-0.2, -0.15) is 5.26 Å². The third-order valence-electron chi connectivity index (χ3n) is 6.19. The van der Waals surface area contributed by atoms with Crippen LogP contribution in [0.5, 0.6) is 5.75 Å². The number of benzene rings is 1. The summed E-state index contributed by atoms with van der Waals surface area (Å²) in [6, 6.07) is 12.2. The van der Waals surface area contributed by atoms with E-state index in [-0.39, 0.29) is 18.0 Å². The maximum atomic E-state index is 13.0. The van der Waals surface area contributed by atoms with Crippen LogP contribution < -0.4 is 15.0 Å². The first kappa shape index (κ1) is 23.6. The van der Waals surface area contributed by atoms with Crippen molar-refractivity contribution in [3.63, 3.8) is 0 Å². The Hall–Kier alpha value is -3.11. The number of hydrogen-bond acceptors (Lipinski definition) is 6. The van der Waals surface area contributed by atoms with Crippen molar-refractivity contribution in [2.45, 2.75) is 45.7 Å². The average Bonchev–Trinajstić information content (AvgIpc) is 3.23. The smallest absolute Gasteiger partial charge is 0.236 e. The molecule has 32 heavy (non-hydrogen) atoms. The summed E-state index contributed by atoms with van der Waals surface area (Å²) in [5.74, 6) is 1.76. The first-order chi connectivity index (χ1) is 15.5. The molecule has 1 amide bonds. The SMILES string of the molecule is CCN(CC(C)N(CC)c1ccc(C#N)cn1)C(=O)CNC1CCc2ccc(OC)cc21. The van der Waals surface area contributed by atoms with Crippen molar-refractivity contribution in [2.24, 2.45) is 0 Å². The molecule has 0 bridgehead atoms. The minimum atomic E-state index is 0.0968. The van der Waals surface area contributed by atoms with E-state index >= 15 is 0 Å². The van der Waals surface area contributed by atoms with Gasteiger partial charge in [-0.3, -0.25) is 4.79 Å². The van der Waals surface area contributed by atoms with Gasteiger partial charge in [0.25, 0.3) is 0 Å². The summed E-state index contributed by atoms with van der Waals surface area (Å²) < 4.78 is 5.37. The number of rotatable bonds is 10. The largest absolute Gasteiger partial charge is 0.497 e. The van der Waals surface area contributed by atoms with Crippen LogP contribution in [0.15, 0.2) is 36.5 Å². The Bertz CT molecular complexity index is 954. The number of fused-ring (bicyclic) bond motifs is 1. The number of aromatic nitrogens is 1. The van der Waals surface area contributed by atoms with E-state index in [1.165, 1.54) is 11.1 Å². The zero-order valence-corrected chi connectivity index (χ0v) is 19.5. The number of methoxy groups -OCH3 is 1. The van der Waals surface area contributed by atoms with Gasteiger partial charge >= 0.3 is 0 Å². The van der Waals surface area contributed by atoms with Crippen LogP contribution in [-0.2, 0) is 11.2 Å². The van der Waals surface area contributed by atoms with Gasteiger partial charge in [-0.1, -0.05) is 6.07 Å². The second-order valence-electron chi connectivity index (χ2n) is 8.12. The van der Waals surface area contributed by atoms with Gasteiger partial charge in [0.05, 0.1) is 19.2 Å². The molecule has 0 spiro atoms. The minimum absolute atomic E-state index is 0.0968. The van der Waals surface area contributed by atoms with Gasteiger partial charge in [-0.15, -0.1) is 0 Å². The lowest BCUT2D eigenvalue weighted by molar-refractivity contribution is -0.130. The van der Waals surface area contributed by atoms with Gasteiger partial charge in [-0.05, 0) is 69.0 Å². The normalized spacial score (nSPS) is 15.5. The molecule has 0 saturated heterocycles. The minimum Gasteiger partial charge on any atom is -0.497 e. The van der Waals surface area contributed by atoms with Crippen molar-refractivity contribution >= 4 is 11.7 Å². The second-order valence-corrected chi connectivity index (χ2v) is 8.12. The monoisotopic (exact) mass is 435 g/mol. The Balaban J connectivity index is 1.59. The molecule has 0 radical (unpaired) electrons. The maximum absolute atomic E-state index is 13.0. The molecule has 2 atom stereocenters. The highest BCUT2D eigenvalue weighted by atomic mass is 16.5. The number of aryl methyl sites for hydroxylation is 1. The standard InChI is InChI=1S/C25H33N5O2/c1-5-29(17-18(3)30(6-2)24-12-7-19(14-26)15-28-24)25(31)16-27-23-11-9-20-8-10-21(32-4)13-22(20)23/h7-8,10,12-13,15,18,23,27H,5-6,9,11,16-17H2,1-4H3. The molecule has 0 saturated carbocycles. The molecule has 1 aliphatic rings. The van der Waals surface area contributed by atoms with Crippen molar-refractivity contribution < 1.29 is 9.53 Å². The maximum Gasteiger partial charge on any atom is 0.236 e. The molecule has 0 fully saturated rings. The number of nitrogens with zero attached hydrogens (tertiary/aromatic N) is 4. The predicted molar refractivity (Wildman–Crippen MR) is 126 cm³/mol. The summed E-state index contributed by atoms with van der Waals surface area (Å²) >= 11 is 0. The molecule has 1 N–H and O–H groups in total. The highest BCUT2D eigenvalue weighted by Gasteiger charge is 2.25. The zero-order valence-electron chi connectivity index (χ0n) is 19.5. The molecule has 1 aromatic heterocycles. The third kappa shape index (κ3) is 5.38. The Kier molecular flexibility index (Phi) is 8.07. The first-order valence-electron chi connectivity index (χ1n) is 11.3. The fourth-order valence-electron chi connectivity index (χ4n) is 4.39. The van der Waals surface area contributed by atoms with Crippen LogP contribution in [0.2, 0.25) is 0 Å². The third-order valence-corrected chi connectivity index (χ3v) is 6.19. The Morgan fingerprint density at radius 3 is 2.75 bits per heavy atom. The van der Waals surface area contributed by atoms with Crippen molar-refractivity contribution in [2.75, 3.05) is 38.2 Å². The molecule has 1 aliphatic carbocycles. The summed E-state index contributed by atoms with van der Waals surface area (Å²) in [6.45, 7) is 8.53.